The van der Waals surface area contributed by atoms with E-state index in [0.717, 1.165) is 23.8 Å². The molecule has 0 unspecified atom stereocenters. The summed E-state index contributed by atoms with van der Waals surface area (Å²) in [6.45, 7) is 0.168. The Morgan fingerprint density at radius 2 is 1.79 bits per heavy atom. The highest BCUT2D eigenvalue weighted by molar-refractivity contribution is 7.80. The third kappa shape index (κ3) is 3.16. The number of amides is 1. The standard InChI is InChI=1S/C17H11ClF2N2OS/c18-12-5-2-1-4-10(12)9-22-16(23)15(21-17(22)24)8-11-13(19)6-3-7-14(11)20/h1-8H,9H2,(H,21,24)/b15-8-. The van der Waals surface area contributed by atoms with E-state index in [1.54, 1.807) is 24.3 Å². The molecule has 3 rings (SSSR count). The minimum atomic E-state index is -0.757. The van der Waals surface area contributed by atoms with Crippen LogP contribution in [0.1, 0.15) is 11.1 Å². The van der Waals surface area contributed by atoms with Crippen LogP contribution in [0.5, 0.6) is 0 Å². The van der Waals surface area contributed by atoms with Crippen LogP contribution in [0.25, 0.3) is 6.08 Å². The Morgan fingerprint density at radius 1 is 1.12 bits per heavy atom. The molecular formula is C17H11ClF2N2OS. The van der Waals surface area contributed by atoms with E-state index in [0.29, 0.717) is 5.02 Å². The van der Waals surface area contributed by atoms with E-state index in [1.165, 1.54) is 11.0 Å². The van der Waals surface area contributed by atoms with Crippen molar-refractivity contribution in [1.29, 1.82) is 0 Å². The summed E-state index contributed by atoms with van der Waals surface area (Å²) in [5.74, 6) is -1.98. The fourth-order valence-electron chi connectivity index (χ4n) is 2.31. The molecule has 1 heterocycles. The molecule has 0 saturated carbocycles. The number of carbonyl (C=O) groups excluding carboxylic acids is 1. The van der Waals surface area contributed by atoms with Crippen molar-refractivity contribution in [1.82, 2.24) is 10.2 Å². The molecule has 1 aliphatic rings. The molecule has 3 nitrogen and oxygen atoms in total. The number of nitrogens with zero attached hydrogens (tertiary/aromatic N) is 1. The Balaban J connectivity index is 1.89. The van der Waals surface area contributed by atoms with Crippen LogP contribution in [0.3, 0.4) is 0 Å². The maximum Gasteiger partial charge on any atom is 0.276 e. The molecule has 2 aromatic rings. The van der Waals surface area contributed by atoms with Gasteiger partial charge >= 0.3 is 0 Å². The normalized spacial score (nSPS) is 16.0. The van der Waals surface area contributed by atoms with E-state index in [4.69, 9.17) is 23.8 Å². The number of carbonyl (C=O) groups is 1. The van der Waals surface area contributed by atoms with Crippen molar-refractivity contribution in [3.05, 3.63) is 75.9 Å². The minimum absolute atomic E-state index is 0.0102. The third-order valence-corrected chi connectivity index (χ3v) is 4.23. The van der Waals surface area contributed by atoms with E-state index in [9.17, 15) is 13.6 Å². The fraction of sp³-hybridized carbons (Fsp3) is 0.0588. The van der Waals surface area contributed by atoms with Gasteiger partial charge in [0.2, 0.25) is 0 Å². The Bertz CT molecular complexity index is 849. The van der Waals surface area contributed by atoms with Crippen LogP contribution in [0.2, 0.25) is 5.02 Å². The van der Waals surface area contributed by atoms with Crippen LogP contribution >= 0.6 is 23.8 Å². The van der Waals surface area contributed by atoms with Gasteiger partial charge in [-0.05, 0) is 42.1 Å². The summed E-state index contributed by atoms with van der Waals surface area (Å²) in [7, 11) is 0. The summed E-state index contributed by atoms with van der Waals surface area (Å²) >= 11 is 11.2. The van der Waals surface area contributed by atoms with E-state index >= 15 is 0 Å². The number of hydrogen-bond acceptors (Lipinski definition) is 2. The van der Waals surface area contributed by atoms with Crippen LogP contribution in [0, 0.1) is 11.6 Å². The Hall–Kier alpha value is -2.31. The second kappa shape index (κ2) is 6.67. The van der Waals surface area contributed by atoms with Crippen molar-refractivity contribution in [3.63, 3.8) is 0 Å². The minimum Gasteiger partial charge on any atom is -0.328 e. The van der Waals surface area contributed by atoms with Gasteiger partial charge in [-0.3, -0.25) is 9.69 Å². The first-order chi connectivity index (χ1) is 11.5. The van der Waals surface area contributed by atoms with Crippen LogP contribution < -0.4 is 5.32 Å². The summed E-state index contributed by atoms with van der Waals surface area (Å²) < 4.78 is 27.5. The molecule has 0 aliphatic carbocycles. The predicted octanol–water partition coefficient (Wildman–Crippen LogP) is 3.88. The van der Waals surface area contributed by atoms with Crippen molar-refractivity contribution in [2.24, 2.45) is 0 Å². The highest BCUT2D eigenvalue weighted by atomic mass is 35.5. The maximum atomic E-state index is 13.7. The van der Waals surface area contributed by atoms with Crippen LogP contribution in [0.4, 0.5) is 8.78 Å². The van der Waals surface area contributed by atoms with Gasteiger partial charge in [0, 0.05) is 10.6 Å². The number of halogens is 3. The molecule has 1 N–H and O–H groups in total. The average Bonchev–Trinajstić information content (AvgIpc) is 2.80. The summed E-state index contributed by atoms with van der Waals surface area (Å²) in [6, 6.07) is 10.6. The Morgan fingerprint density at radius 3 is 2.46 bits per heavy atom. The van der Waals surface area contributed by atoms with Crippen molar-refractivity contribution in [3.8, 4) is 0 Å². The second-order valence-electron chi connectivity index (χ2n) is 5.11. The van der Waals surface area contributed by atoms with Gasteiger partial charge in [0.15, 0.2) is 5.11 Å². The Kier molecular flexibility index (Phi) is 4.59. The first kappa shape index (κ1) is 16.5. The summed E-state index contributed by atoms with van der Waals surface area (Å²) in [6.07, 6.45) is 1.12. The zero-order valence-electron chi connectivity index (χ0n) is 12.2. The number of rotatable bonds is 3. The third-order valence-electron chi connectivity index (χ3n) is 3.54. The van der Waals surface area contributed by atoms with Crippen molar-refractivity contribution >= 4 is 40.9 Å². The first-order valence-corrected chi connectivity index (χ1v) is 7.78. The quantitative estimate of drug-likeness (QED) is 0.662. The largest absolute Gasteiger partial charge is 0.328 e. The molecule has 0 radical (unpaired) electrons. The zero-order chi connectivity index (χ0) is 17.3. The SMILES string of the molecule is O=C1/C(=C/c2c(F)cccc2F)NC(=S)N1Cc1ccccc1Cl. The lowest BCUT2D eigenvalue weighted by Gasteiger charge is -2.14. The van der Waals surface area contributed by atoms with Gasteiger partial charge in [-0.25, -0.2) is 8.78 Å². The van der Waals surface area contributed by atoms with Crippen LogP contribution in [-0.2, 0) is 11.3 Å². The molecule has 1 amide bonds. The van der Waals surface area contributed by atoms with Crippen molar-refractivity contribution in [2.45, 2.75) is 6.54 Å². The number of benzene rings is 2. The fourth-order valence-corrected chi connectivity index (χ4v) is 2.76. The first-order valence-electron chi connectivity index (χ1n) is 6.99. The van der Waals surface area contributed by atoms with Gasteiger partial charge in [0.1, 0.15) is 17.3 Å². The monoisotopic (exact) mass is 364 g/mol. The van der Waals surface area contributed by atoms with Gasteiger partial charge in [0.25, 0.3) is 5.91 Å². The van der Waals surface area contributed by atoms with Crippen molar-refractivity contribution in [2.75, 3.05) is 0 Å². The van der Waals surface area contributed by atoms with E-state index in [2.05, 4.69) is 5.32 Å². The van der Waals surface area contributed by atoms with Gasteiger partial charge in [-0.15, -0.1) is 0 Å². The molecule has 0 spiro atoms. The summed E-state index contributed by atoms with van der Waals surface area (Å²) in [5, 5.41) is 3.35. The second-order valence-corrected chi connectivity index (χ2v) is 5.90. The van der Waals surface area contributed by atoms with E-state index < -0.39 is 17.5 Å². The highest BCUT2D eigenvalue weighted by Gasteiger charge is 2.31. The van der Waals surface area contributed by atoms with E-state index in [-0.39, 0.29) is 22.9 Å². The lowest BCUT2D eigenvalue weighted by molar-refractivity contribution is -0.122. The molecule has 0 aromatic heterocycles. The number of thiocarbonyl (C=S) groups is 1. The molecule has 0 atom stereocenters. The summed E-state index contributed by atoms with van der Waals surface area (Å²) in [5.41, 5.74) is 0.432. The van der Waals surface area contributed by atoms with Gasteiger partial charge in [-0.1, -0.05) is 35.9 Å². The zero-order valence-corrected chi connectivity index (χ0v) is 13.8. The lowest BCUT2D eigenvalue weighted by Crippen LogP contribution is -2.30. The maximum absolute atomic E-state index is 13.7. The van der Waals surface area contributed by atoms with Gasteiger partial charge in [0.05, 0.1) is 6.54 Å². The molecule has 1 aliphatic heterocycles. The van der Waals surface area contributed by atoms with E-state index in [1.807, 2.05) is 0 Å². The number of hydrogen-bond donors (Lipinski definition) is 1. The molecule has 1 fully saturated rings. The molecule has 1 saturated heterocycles. The lowest BCUT2D eigenvalue weighted by atomic mass is 10.1. The summed E-state index contributed by atoms with van der Waals surface area (Å²) in [4.78, 5) is 13.8. The van der Waals surface area contributed by atoms with Crippen LogP contribution in [-0.4, -0.2) is 15.9 Å². The van der Waals surface area contributed by atoms with Crippen LogP contribution in [0.15, 0.2) is 48.2 Å². The smallest absolute Gasteiger partial charge is 0.276 e. The molecule has 122 valence electrons. The molecular weight excluding hydrogens is 354 g/mol. The Labute approximate surface area is 147 Å². The predicted molar refractivity (Wildman–Crippen MR) is 92.1 cm³/mol. The van der Waals surface area contributed by atoms with Gasteiger partial charge < -0.3 is 5.32 Å². The average molecular weight is 365 g/mol. The topological polar surface area (TPSA) is 32.3 Å². The number of nitrogens with one attached hydrogen (secondary N) is 1. The molecule has 0 bridgehead atoms. The molecule has 7 heteroatoms. The highest BCUT2D eigenvalue weighted by Crippen LogP contribution is 2.22. The van der Waals surface area contributed by atoms with Crippen molar-refractivity contribution < 1.29 is 13.6 Å². The molecule has 2 aromatic carbocycles. The molecule has 24 heavy (non-hydrogen) atoms. The van der Waals surface area contributed by atoms with Gasteiger partial charge in [-0.2, -0.15) is 0 Å².